The highest BCUT2D eigenvalue weighted by molar-refractivity contribution is 5.43. The summed E-state index contributed by atoms with van der Waals surface area (Å²) < 4.78 is 11.2. The second-order valence-corrected chi connectivity index (χ2v) is 4.83. The van der Waals surface area contributed by atoms with Gasteiger partial charge in [0.2, 0.25) is 5.89 Å². The summed E-state index contributed by atoms with van der Waals surface area (Å²) in [5.41, 5.74) is 9.03. The third-order valence-electron chi connectivity index (χ3n) is 3.10. The predicted molar refractivity (Wildman–Crippen MR) is 76.7 cm³/mol. The lowest BCUT2D eigenvalue weighted by Gasteiger charge is -2.12. The van der Waals surface area contributed by atoms with Crippen molar-refractivity contribution in [3.63, 3.8) is 0 Å². The topological polar surface area (TPSA) is 74.2 Å². The zero-order valence-corrected chi connectivity index (χ0v) is 12.3. The van der Waals surface area contributed by atoms with Crippen molar-refractivity contribution >= 4 is 0 Å². The Bertz CT molecular complexity index is 555. The Labute approximate surface area is 119 Å². The Morgan fingerprint density at radius 3 is 2.35 bits per heavy atom. The first-order chi connectivity index (χ1) is 9.63. The van der Waals surface area contributed by atoms with Gasteiger partial charge in [-0.05, 0) is 43.5 Å². The van der Waals surface area contributed by atoms with Gasteiger partial charge in [0.25, 0.3) is 5.89 Å². The van der Waals surface area contributed by atoms with Gasteiger partial charge in [0, 0.05) is 6.42 Å². The molecule has 2 rings (SSSR count). The molecule has 0 spiro atoms. The fourth-order valence-electron chi connectivity index (χ4n) is 2.20. The van der Waals surface area contributed by atoms with Gasteiger partial charge in [0.1, 0.15) is 5.75 Å². The first kappa shape index (κ1) is 14.5. The Morgan fingerprint density at radius 1 is 1.15 bits per heavy atom. The zero-order chi connectivity index (χ0) is 14.5. The molecule has 0 saturated heterocycles. The number of nitrogens with zero attached hydrogens (tertiary/aromatic N) is 2. The van der Waals surface area contributed by atoms with E-state index in [9.17, 15) is 0 Å². The molecule has 0 aliphatic carbocycles. The molecule has 0 radical (unpaired) electrons. The van der Waals surface area contributed by atoms with Crippen molar-refractivity contribution in [3.8, 4) is 5.75 Å². The van der Waals surface area contributed by atoms with Crippen LogP contribution in [0.25, 0.3) is 0 Å². The molecule has 0 unspecified atom stereocenters. The fourth-order valence-corrected chi connectivity index (χ4v) is 2.20. The van der Waals surface area contributed by atoms with E-state index in [1.54, 1.807) is 0 Å². The second-order valence-electron chi connectivity index (χ2n) is 4.83. The Kier molecular flexibility index (Phi) is 4.74. The van der Waals surface area contributed by atoms with Gasteiger partial charge < -0.3 is 14.9 Å². The van der Waals surface area contributed by atoms with Crippen molar-refractivity contribution in [2.24, 2.45) is 5.73 Å². The van der Waals surface area contributed by atoms with Crippen molar-refractivity contribution in [1.29, 1.82) is 0 Å². The second kappa shape index (κ2) is 6.52. The highest BCUT2D eigenvalue weighted by Crippen LogP contribution is 2.25. The van der Waals surface area contributed by atoms with Crippen molar-refractivity contribution in [2.75, 3.05) is 6.54 Å². The molecule has 5 nitrogen and oxygen atoms in total. The number of aryl methyl sites for hydroxylation is 3. The summed E-state index contributed by atoms with van der Waals surface area (Å²) in [4.78, 5) is 0. The molecule has 1 aromatic heterocycles. The lowest BCUT2D eigenvalue weighted by molar-refractivity contribution is 0.256. The molecule has 0 aliphatic rings. The fraction of sp³-hybridized carbons (Fsp3) is 0.467. The molecule has 5 heteroatoms. The average Bonchev–Trinajstić information content (AvgIpc) is 2.86. The van der Waals surface area contributed by atoms with Gasteiger partial charge in [-0.15, -0.1) is 10.2 Å². The van der Waals surface area contributed by atoms with Crippen molar-refractivity contribution in [2.45, 2.75) is 40.2 Å². The molecular weight excluding hydrogens is 254 g/mol. The van der Waals surface area contributed by atoms with Crippen LogP contribution in [0.3, 0.4) is 0 Å². The van der Waals surface area contributed by atoms with Crippen LogP contribution in [0.5, 0.6) is 5.75 Å². The summed E-state index contributed by atoms with van der Waals surface area (Å²) in [7, 11) is 0. The third-order valence-corrected chi connectivity index (χ3v) is 3.10. The van der Waals surface area contributed by atoms with Gasteiger partial charge in [-0.25, -0.2) is 0 Å². The number of aromatic nitrogens is 2. The number of hydrogen-bond donors (Lipinski definition) is 1. The molecule has 2 N–H and O–H groups in total. The van der Waals surface area contributed by atoms with Gasteiger partial charge in [-0.2, -0.15) is 0 Å². The van der Waals surface area contributed by atoms with Gasteiger partial charge in [0.05, 0.1) is 0 Å². The molecule has 2 aromatic rings. The molecule has 0 bridgehead atoms. The van der Waals surface area contributed by atoms with Crippen LogP contribution in [-0.2, 0) is 19.4 Å². The standard InChI is InChI=1S/C15H21N3O2/c1-4-13-17-18-14(20-13)9-19-15-10(2)7-12(5-6-16)8-11(15)3/h7-8H,4-6,9,16H2,1-3H3. The lowest BCUT2D eigenvalue weighted by atomic mass is 10.0. The van der Waals surface area contributed by atoms with E-state index in [1.807, 2.05) is 20.8 Å². The molecule has 0 saturated carbocycles. The first-order valence-corrected chi connectivity index (χ1v) is 6.88. The zero-order valence-electron chi connectivity index (χ0n) is 12.3. The van der Waals surface area contributed by atoms with Crippen molar-refractivity contribution in [3.05, 3.63) is 40.6 Å². The Balaban J connectivity index is 2.09. The third kappa shape index (κ3) is 3.36. The summed E-state index contributed by atoms with van der Waals surface area (Å²) in [5.74, 6) is 2.02. The smallest absolute Gasteiger partial charge is 0.253 e. The molecule has 0 aliphatic heterocycles. The van der Waals surface area contributed by atoms with Gasteiger partial charge in [0.15, 0.2) is 6.61 Å². The van der Waals surface area contributed by atoms with E-state index in [1.165, 1.54) is 5.56 Å². The van der Waals surface area contributed by atoms with E-state index in [2.05, 4.69) is 22.3 Å². The lowest BCUT2D eigenvalue weighted by Crippen LogP contribution is -2.05. The van der Waals surface area contributed by atoms with E-state index in [4.69, 9.17) is 14.9 Å². The predicted octanol–water partition coefficient (Wildman–Crippen LogP) is 2.33. The van der Waals surface area contributed by atoms with E-state index >= 15 is 0 Å². The summed E-state index contributed by atoms with van der Waals surface area (Å²) >= 11 is 0. The minimum Gasteiger partial charge on any atom is -0.483 e. The van der Waals surface area contributed by atoms with Crippen LogP contribution in [0, 0.1) is 13.8 Å². The highest BCUT2D eigenvalue weighted by atomic mass is 16.5. The SMILES string of the molecule is CCc1nnc(COc2c(C)cc(CCN)cc2C)o1. The van der Waals surface area contributed by atoms with Crippen LogP contribution < -0.4 is 10.5 Å². The van der Waals surface area contributed by atoms with Crippen LogP contribution in [0.1, 0.15) is 35.4 Å². The minimum atomic E-state index is 0.297. The van der Waals surface area contributed by atoms with E-state index in [0.29, 0.717) is 24.9 Å². The van der Waals surface area contributed by atoms with Gasteiger partial charge in [-0.3, -0.25) is 0 Å². The molecule has 0 amide bonds. The Morgan fingerprint density at radius 2 is 1.80 bits per heavy atom. The van der Waals surface area contributed by atoms with Crippen molar-refractivity contribution < 1.29 is 9.15 Å². The molecular formula is C15H21N3O2. The van der Waals surface area contributed by atoms with Crippen molar-refractivity contribution in [1.82, 2.24) is 10.2 Å². The van der Waals surface area contributed by atoms with E-state index in [0.717, 1.165) is 29.7 Å². The summed E-state index contributed by atoms with van der Waals surface area (Å²) in [5, 5.41) is 7.87. The Hall–Kier alpha value is -1.88. The number of nitrogens with two attached hydrogens (primary N) is 1. The van der Waals surface area contributed by atoms with Crippen LogP contribution in [0.4, 0.5) is 0 Å². The summed E-state index contributed by atoms with van der Waals surface area (Å²) in [6.45, 7) is 7.00. The van der Waals surface area contributed by atoms with Gasteiger partial charge >= 0.3 is 0 Å². The number of rotatable bonds is 6. The highest BCUT2D eigenvalue weighted by Gasteiger charge is 2.09. The normalized spacial score (nSPS) is 10.8. The molecule has 20 heavy (non-hydrogen) atoms. The average molecular weight is 275 g/mol. The van der Waals surface area contributed by atoms with Crippen LogP contribution in [-0.4, -0.2) is 16.7 Å². The molecule has 1 heterocycles. The van der Waals surface area contributed by atoms with E-state index in [-0.39, 0.29) is 0 Å². The first-order valence-electron chi connectivity index (χ1n) is 6.88. The quantitative estimate of drug-likeness (QED) is 0.875. The maximum Gasteiger partial charge on any atom is 0.253 e. The van der Waals surface area contributed by atoms with Crippen LogP contribution in [0.2, 0.25) is 0 Å². The molecule has 1 aromatic carbocycles. The number of benzene rings is 1. The van der Waals surface area contributed by atoms with Gasteiger partial charge in [-0.1, -0.05) is 19.1 Å². The number of hydrogen-bond acceptors (Lipinski definition) is 5. The summed E-state index contributed by atoms with van der Waals surface area (Å²) in [6, 6.07) is 4.22. The maximum atomic E-state index is 5.82. The molecule has 108 valence electrons. The molecule has 0 fully saturated rings. The monoisotopic (exact) mass is 275 g/mol. The minimum absolute atomic E-state index is 0.297. The molecule has 0 atom stereocenters. The maximum absolute atomic E-state index is 5.82. The summed E-state index contributed by atoms with van der Waals surface area (Å²) in [6.07, 6.45) is 1.62. The largest absolute Gasteiger partial charge is 0.483 e. The van der Waals surface area contributed by atoms with E-state index < -0.39 is 0 Å². The number of ether oxygens (including phenoxy) is 1. The van der Waals surface area contributed by atoms with Crippen LogP contribution in [0.15, 0.2) is 16.5 Å². The van der Waals surface area contributed by atoms with Crippen LogP contribution >= 0.6 is 0 Å².